The average Bonchev–Trinajstić information content (AvgIpc) is 3.33. The normalized spacial score (nSPS) is 16.4. The minimum absolute atomic E-state index is 0.0214. The molecule has 1 amide bonds. The van der Waals surface area contributed by atoms with Crippen molar-refractivity contribution >= 4 is 11.6 Å². The molecule has 0 saturated carbocycles. The molecule has 8 heteroatoms. The quantitative estimate of drug-likeness (QED) is 0.597. The van der Waals surface area contributed by atoms with Gasteiger partial charge in [-0.2, -0.15) is 0 Å². The molecule has 0 aromatic heterocycles. The third kappa shape index (κ3) is 4.68. The summed E-state index contributed by atoms with van der Waals surface area (Å²) in [4.78, 5) is 17.2. The molecule has 2 aliphatic rings. The van der Waals surface area contributed by atoms with Crippen molar-refractivity contribution in [2.24, 2.45) is 0 Å². The maximum Gasteiger partial charge on any atom is 0.254 e. The van der Waals surface area contributed by atoms with Gasteiger partial charge in [0.25, 0.3) is 5.91 Å². The second kappa shape index (κ2) is 9.69. The van der Waals surface area contributed by atoms with E-state index in [0.29, 0.717) is 18.0 Å². The molecular formula is C26H25F2N3O3. The lowest BCUT2D eigenvalue weighted by Crippen LogP contribution is -2.50. The number of hydrogen-bond acceptors (Lipinski definition) is 5. The number of carbonyl (C=O) groups is 1. The largest absolute Gasteiger partial charge is 0.454 e. The molecule has 1 saturated heterocycles. The molecule has 3 aromatic carbocycles. The number of hydrogen-bond donors (Lipinski definition) is 1. The van der Waals surface area contributed by atoms with E-state index >= 15 is 0 Å². The van der Waals surface area contributed by atoms with Crippen LogP contribution in [0.5, 0.6) is 11.5 Å². The molecule has 3 aromatic rings. The highest BCUT2D eigenvalue weighted by atomic mass is 19.1. The van der Waals surface area contributed by atoms with E-state index in [1.54, 1.807) is 24.3 Å². The van der Waals surface area contributed by atoms with Crippen LogP contribution < -0.4 is 19.7 Å². The zero-order valence-corrected chi connectivity index (χ0v) is 18.5. The maximum absolute atomic E-state index is 14.1. The van der Waals surface area contributed by atoms with Gasteiger partial charge in [0, 0.05) is 38.4 Å². The van der Waals surface area contributed by atoms with Crippen molar-refractivity contribution in [2.45, 2.75) is 6.04 Å². The van der Waals surface area contributed by atoms with Crippen LogP contribution in [0.15, 0.2) is 66.7 Å². The van der Waals surface area contributed by atoms with E-state index in [-0.39, 0.29) is 24.2 Å². The van der Waals surface area contributed by atoms with Crippen LogP contribution in [-0.2, 0) is 0 Å². The van der Waals surface area contributed by atoms with Gasteiger partial charge in [0.1, 0.15) is 11.6 Å². The number of benzene rings is 3. The summed E-state index contributed by atoms with van der Waals surface area (Å²) in [6.07, 6.45) is 0. The van der Waals surface area contributed by atoms with Crippen LogP contribution in [-0.4, -0.2) is 50.3 Å². The Morgan fingerprint density at radius 3 is 2.41 bits per heavy atom. The molecule has 0 aliphatic carbocycles. The summed E-state index contributed by atoms with van der Waals surface area (Å²) in [5, 5.41) is 2.90. The Hall–Kier alpha value is -3.65. The number of carbonyl (C=O) groups excluding carboxylic acids is 1. The van der Waals surface area contributed by atoms with E-state index in [9.17, 15) is 13.6 Å². The van der Waals surface area contributed by atoms with E-state index in [4.69, 9.17) is 9.47 Å². The van der Waals surface area contributed by atoms with Gasteiger partial charge in [0.05, 0.1) is 11.6 Å². The zero-order chi connectivity index (χ0) is 23.5. The summed E-state index contributed by atoms with van der Waals surface area (Å²) >= 11 is 0. The molecule has 0 bridgehead atoms. The fraction of sp³-hybridized carbons (Fsp3) is 0.269. The van der Waals surface area contributed by atoms with Gasteiger partial charge in [-0.05, 0) is 54.1 Å². The maximum atomic E-state index is 14.1. The van der Waals surface area contributed by atoms with E-state index < -0.39 is 11.7 Å². The molecule has 6 nitrogen and oxygen atoms in total. The van der Waals surface area contributed by atoms with Crippen LogP contribution in [0.1, 0.15) is 22.0 Å². The summed E-state index contributed by atoms with van der Waals surface area (Å²) in [7, 11) is 0. The fourth-order valence-corrected chi connectivity index (χ4v) is 4.45. The Morgan fingerprint density at radius 2 is 1.65 bits per heavy atom. The van der Waals surface area contributed by atoms with Crippen LogP contribution in [0.25, 0.3) is 0 Å². The first-order valence-electron chi connectivity index (χ1n) is 11.3. The Balaban J connectivity index is 1.32. The second-order valence-electron chi connectivity index (χ2n) is 8.32. The Kier molecular flexibility index (Phi) is 6.31. The number of rotatable bonds is 6. The van der Waals surface area contributed by atoms with Crippen LogP contribution >= 0.6 is 0 Å². The number of amides is 1. The first kappa shape index (κ1) is 22.2. The third-order valence-corrected chi connectivity index (χ3v) is 6.30. The standard InChI is InChI=1S/C26H25F2N3O3/c27-19-6-8-20(9-7-19)30-11-13-31(14-12-30)23(18-5-10-24-25(15-18)34-17-33-24)16-29-26(32)21-3-1-2-4-22(21)28/h1-10,15,23H,11-14,16-17H2,(H,29,32). The molecule has 2 aliphatic heterocycles. The number of anilines is 1. The monoisotopic (exact) mass is 465 g/mol. The number of nitrogens with zero attached hydrogens (tertiary/aromatic N) is 2. The van der Waals surface area contributed by atoms with Crippen LogP contribution in [0.4, 0.5) is 14.5 Å². The molecule has 1 N–H and O–H groups in total. The Morgan fingerprint density at radius 1 is 0.912 bits per heavy atom. The van der Waals surface area contributed by atoms with Gasteiger partial charge in [-0.15, -0.1) is 0 Å². The van der Waals surface area contributed by atoms with E-state index in [1.165, 1.54) is 24.3 Å². The van der Waals surface area contributed by atoms with Gasteiger partial charge < -0.3 is 19.7 Å². The SMILES string of the molecule is O=C(NCC(c1ccc2c(c1)OCO2)N1CCN(c2ccc(F)cc2)CC1)c1ccccc1F. The third-order valence-electron chi connectivity index (χ3n) is 6.30. The number of halogens is 2. The van der Waals surface area contributed by atoms with Crippen LogP contribution in [0.2, 0.25) is 0 Å². The number of piperazine rings is 1. The molecule has 176 valence electrons. The lowest BCUT2D eigenvalue weighted by molar-refractivity contribution is 0.0926. The molecule has 1 atom stereocenters. The van der Waals surface area contributed by atoms with E-state index in [2.05, 4.69) is 15.1 Å². The van der Waals surface area contributed by atoms with Crippen molar-refractivity contribution in [3.8, 4) is 11.5 Å². The van der Waals surface area contributed by atoms with Crippen molar-refractivity contribution in [3.63, 3.8) is 0 Å². The second-order valence-corrected chi connectivity index (χ2v) is 8.32. The average molecular weight is 466 g/mol. The molecule has 5 rings (SSSR count). The van der Waals surface area contributed by atoms with Gasteiger partial charge in [0.15, 0.2) is 11.5 Å². The minimum Gasteiger partial charge on any atom is -0.454 e. The highest BCUT2D eigenvalue weighted by Crippen LogP contribution is 2.36. The van der Waals surface area contributed by atoms with Crippen molar-refractivity contribution in [1.82, 2.24) is 10.2 Å². The van der Waals surface area contributed by atoms with Gasteiger partial charge in [-0.25, -0.2) is 8.78 Å². The predicted molar refractivity (Wildman–Crippen MR) is 124 cm³/mol. The fourth-order valence-electron chi connectivity index (χ4n) is 4.45. The number of ether oxygens (including phenoxy) is 2. The molecule has 0 radical (unpaired) electrons. The summed E-state index contributed by atoms with van der Waals surface area (Å²) in [5.74, 6) is 0.115. The summed E-state index contributed by atoms with van der Waals surface area (Å²) in [6.45, 7) is 3.49. The van der Waals surface area contributed by atoms with Crippen molar-refractivity contribution in [2.75, 3.05) is 44.4 Å². The first-order chi connectivity index (χ1) is 16.6. The summed E-state index contributed by atoms with van der Waals surface area (Å²) in [5.41, 5.74) is 1.98. The molecule has 0 spiro atoms. The van der Waals surface area contributed by atoms with E-state index in [0.717, 1.165) is 37.4 Å². The molecular weight excluding hydrogens is 440 g/mol. The highest BCUT2D eigenvalue weighted by Gasteiger charge is 2.28. The lowest BCUT2D eigenvalue weighted by Gasteiger charge is -2.40. The van der Waals surface area contributed by atoms with Crippen LogP contribution in [0.3, 0.4) is 0 Å². The first-order valence-corrected chi connectivity index (χ1v) is 11.3. The van der Waals surface area contributed by atoms with Gasteiger partial charge >= 0.3 is 0 Å². The molecule has 34 heavy (non-hydrogen) atoms. The van der Waals surface area contributed by atoms with Gasteiger partial charge in [-0.1, -0.05) is 18.2 Å². The smallest absolute Gasteiger partial charge is 0.254 e. The molecule has 2 heterocycles. The van der Waals surface area contributed by atoms with Crippen molar-refractivity contribution in [1.29, 1.82) is 0 Å². The number of fused-ring (bicyclic) bond motifs is 1. The zero-order valence-electron chi connectivity index (χ0n) is 18.5. The van der Waals surface area contributed by atoms with Crippen molar-refractivity contribution < 1.29 is 23.0 Å². The minimum atomic E-state index is -0.549. The molecule has 1 unspecified atom stereocenters. The van der Waals surface area contributed by atoms with Gasteiger partial charge in [-0.3, -0.25) is 9.69 Å². The highest BCUT2D eigenvalue weighted by molar-refractivity contribution is 5.94. The lowest BCUT2D eigenvalue weighted by atomic mass is 10.0. The Labute approximate surface area is 196 Å². The van der Waals surface area contributed by atoms with Gasteiger partial charge in [0.2, 0.25) is 6.79 Å². The number of nitrogens with one attached hydrogen (secondary N) is 1. The predicted octanol–water partition coefficient (Wildman–Crippen LogP) is 3.99. The topological polar surface area (TPSA) is 54.0 Å². The van der Waals surface area contributed by atoms with Crippen LogP contribution in [0, 0.1) is 11.6 Å². The Bertz CT molecular complexity index is 1160. The summed E-state index contributed by atoms with van der Waals surface area (Å²) < 4.78 is 38.4. The van der Waals surface area contributed by atoms with E-state index in [1.807, 2.05) is 18.2 Å². The van der Waals surface area contributed by atoms with Crippen molar-refractivity contribution in [3.05, 3.63) is 89.5 Å². The molecule has 1 fully saturated rings. The summed E-state index contributed by atoms with van der Waals surface area (Å²) in [6, 6.07) is 18.1.